The number of fused-ring (bicyclic) bond motifs is 1. The van der Waals surface area contributed by atoms with Gasteiger partial charge in [0.2, 0.25) is 0 Å². The number of nitrogens with one attached hydrogen (secondary N) is 1. The molecule has 5 heteroatoms. The Morgan fingerprint density at radius 1 is 0.963 bits per heavy atom. The van der Waals surface area contributed by atoms with Crippen LogP contribution in [0.2, 0.25) is 0 Å². The minimum atomic E-state index is -0.398. The Hall–Kier alpha value is -2.79. The number of aromatic amines is 1. The number of rotatable bonds is 6. The Kier molecular flexibility index (Phi) is 5.39. The van der Waals surface area contributed by atoms with E-state index in [4.69, 9.17) is 9.47 Å². The quantitative estimate of drug-likeness (QED) is 0.525. The maximum Gasteiger partial charge on any atom is 0.360 e. The molecule has 3 aromatic rings. The molecular formula is C22H24N2O3. The lowest BCUT2D eigenvalue weighted by atomic mass is 10.1. The van der Waals surface area contributed by atoms with Crippen molar-refractivity contribution in [2.75, 3.05) is 26.2 Å². The van der Waals surface area contributed by atoms with Crippen molar-refractivity contribution >= 4 is 16.9 Å². The first kappa shape index (κ1) is 17.6. The zero-order chi connectivity index (χ0) is 18.5. The highest BCUT2D eigenvalue weighted by molar-refractivity contribution is 5.95. The smallest absolute Gasteiger partial charge is 0.360 e. The second kappa shape index (κ2) is 8.27. The number of H-pyrrole nitrogens is 1. The van der Waals surface area contributed by atoms with Gasteiger partial charge in [-0.15, -0.1) is 0 Å². The van der Waals surface area contributed by atoms with Crippen LogP contribution < -0.4 is 9.47 Å². The normalized spacial score (nSPS) is 15.0. The SMILES string of the molecule is O=C(Oc1ccc(OCCN2CCCCC2)cc1)c1cc2ccccc2[nH]1. The number of carbonyl (C=O) groups is 1. The van der Waals surface area contributed by atoms with E-state index in [-0.39, 0.29) is 0 Å². The minimum Gasteiger partial charge on any atom is -0.492 e. The van der Waals surface area contributed by atoms with Crippen LogP contribution in [0.3, 0.4) is 0 Å². The second-order valence-electron chi connectivity index (χ2n) is 6.88. The summed E-state index contributed by atoms with van der Waals surface area (Å²) >= 11 is 0. The number of aromatic nitrogens is 1. The fraction of sp³-hybridized carbons (Fsp3) is 0.318. The topological polar surface area (TPSA) is 54.6 Å². The molecule has 0 radical (unpaired) electrons. The minimum absolute atomic E-state index is 0.398. The van der Waals surface area contributed by atoms with Crippen molar-refractivity contribution in [2.45, 2.75) is 19.3 Å². The van der Waals surface area contributed by atoms with Crippen LogP contribution >= 0.6 is 0 Å². The predicted molar refractivity (Wildman–Crippen MR) is 105 cm³/mol. The highest BCUT2D eigenvalue weighted by atomic mass is 16.5. The highest BCUT2D eigenvalue weighted by Gasteiger charge is 2.12. The van der Waals surface area contributed by atoms with E-state index in [1.165, 1.54) is 32.4 Å². The molecule has 1 aliphatic heterocycles. The van der Waals surface area contributed by atoms with Crippen molar-refractivity contribution in [3.63, 3.8) is 0 Å². The lowest BCUT2D eigenvalue weighted by Crippen LogP contribution is -2.33. The fourth-order valence-corrected chi connectivity index (χ4v) is 3.42. The molecule has 2 aromatic carbocycles. The lowest BCUT2D eigenvalue weighted by Gasteiger charge is -2.26. The number of carbonyl (C=O) groups excluding carboxylic acids is 1. The summed E-state index contributed by atoms with van der Waals surface area (Å²) in [6, 6.07) is 16.8. The summed E-state index contributed by atoms with van der Waals surface area (Å²) in [6.07, 6.45) is 3.92. The largest absolute Gasteiger partial charge is 0.492 e. The van der Waals surface area contributed by atoms with Gasteiger partial charge in [0.15, 0.2) is 0 Å². The predicted octanol–water partition coefficient (Wildman–Crippen LogP) is 4.25. The van der Waals surface area contributed by atoms with E-state index >= 15 is 0 Å². The van der Waals surface area contributed by atoms with E-state index in [9.17, 15) is 4.79 Å². The first-order chi connectivity index (χ1) is 13.3. The van der Waals surface area contributed by atoms with Gasteiger partial charge < -0.3 is 14.5 Å². The molecule has 5 nitrogen and oxygen atoms in total. The summed E-state index contributed by atoms with van der Waals surface area (Å²) in [7, 11) is 0. The van der Waals surface area contributed by atoms with E-state index in [1.54, 1.807) is 18.2 Å². The molecule has 0 unspecified atom stereocenters. The van der Waals surface area contributed by atoms with E-state index in [0.29, 0.717) is 18.1 Å². The Labute approximate surface area is 158 Å². The summed E-state index contributed by atoms with van der Waals surface area (Å²) in [5.74, 6) is 0.893. The van der Waals surface area contributed by atoms with Gasteiger partial charge in [-0.05, 0) is 62.3 Å². The third-order valence-corrected chi connectivity index (χ3v) is 4.91. The van der Waals surface area contributed by atoms with Gasteiger partial charge in [0.25, 0.3) is 0 Å². The summed E-state index contributed by atoms with van der Waals surface area (Å²) in [5.41, 5.74) is 1.36. The van der Waals surface area contributed by atoms with Crippen LogP contribution in [0.1, 0.15) is 29.8 Å². The molecule has 1 aromatic heterocycles. The molecule has 1 saturated heterocycles. The van der Waals surface area contributed by atoms with Crippen molar-refractivity contribution in [3.05, 3.63) is 60.3 Å². The number of likely N-dealkylation sites (tertiary alicyclic amines) is 1. The number of nitrogens with zero attached hydrogens (tertiary/aromatic N) is 1. The molecule has 1 N–H and O–H groups in total. The molecule has 1 fully saturated rings. The van der Waals surface area contributed by atoms with E-state index < -0.39 is 5.97 Å². The van der Waals surface area contributed by atoms with Crippen LogP contribution in [-0.4, -0.2) is 42.1 Å². The van der Waals surface area contributed by atoms with E-state index in [0.717, 1.165) is 23.2 Å². The highest BCUT2D eigenvalue weighted by Crippen LogP contribution is 2.20. The average molecular weight is 364 g/mol. The Morgan fingerprint density at radius 3 is 2.48 bits per heavy atom. The van der Waals surface area contributed by atoms with Crippen molar-refractivity contribution in [2.24, 2.45) is 0 Å². The van der Waals surface area contributed by atoms with Gasteiger partial charge >= 0.3 is 5.97 Å². The number of benzene rings is 2. The van der Waals surface area contributed by atoms with Crippen LogP contribution in [0, 0.1) is 0 Å². The van der Waals surface area contributed by atoms with Gasteiger partial charge in [-0.25, -0.2) is 4.79 Å². The molecular weight excluding hydrogens is 340 g/mol. The van der Waals surface area contributed by atoms with Gasteiger partial charge in [0, 0.05) is 17.4 Å². The lowest BCUT2D eigenvalue weighted by molar-refractivity contribution is 0.0729. The second-order valence-corrected chi connectivity index (χ2v) is 6.88. The molecule has 4 rings (SSSR count). The molecule has 27 heavy (non-hydrogen) atoms. The summed E-state index contributed by atoms with van der Waals surface area (Å²) in [5, 5.41) is 0.988. The van der Waals surface area contributed by atoms with Crippen LogP contribution in [-0.2, 0) is 0 Å². The van der Waals surface area contributed by atoms with E-state index in [2.05, 4.69) is 9.88 Å². The monoisotopic (exact) mass is 364 g/mol. The van der Waals surface area contributed by atoms with Crippen molar-refractivity contribution < 1.29 is 14.3 Å². The molecule has 1 aliphatic rings. The molecule has 0 atom stereocenters. The van der Waals surface area contributed by atoms with Crippen LogP contribution in [0.4, 0.5) is 0 Å². The molecule has 0 saturated carbocycles. The Balaban J connectivity index is 1.29. The van der Waals surface area contributed by atoms with Gasteiger partial charge in [-0.1, -0.05) is 24.6 Å². The van der Waals surface area contributed by atoms with E-state index in [1.807, 2.05) is 36.4 Å². The van der Waals surface area contributed by atoms with Crippen molar-refractivity contribution in [1.29, 1.82) is 0 Å². The first-order valence-electron chi connectivity index (χ1n) is 9.53. The number of ether oxygens (including phenoxy) is 2. The van der Waals surface area contributed by atoms with Gasteiger partial charge in [-0.3, -0.25) is 4.90 Å². The molecule has 140 valence electrons. The third kappa shape index (κ3) is 4.49. The number of hydrogen-bond acceptors (Lipinski definition) is 4. The average Bonchev–Trinajstić information content (AvgIpc) is 3.15. The molecule has 0 spiro atoms. The van der Waals surface area contributed by atoms with Gasteiger partial charge in [0.1, 0.15) is 23.8 Å². The molecule has 0 aliphatic carbocycles. The van der Waals surface area contributed by atoms with Crippen LogP contribution in [0.5, 0.6) is 11.5 Å². The van der Waals surface area contributed by atoms with Crippen LogP contribution in [0.25, 0.3) is 10.9 Å². The number of esters is 1. The third-order valence-electron chi connectivity index (χ3n) is 4.91. The van der Waals surface area contributed by atoms with Gasteiger partial charge in [0.05, 0.1) is 0 Å². The molecule has 0 bridgehead atoms. The van der Waals surface area contributed by atoms with Crippen LogP contribution in [0.15, 0.2) is 54.6 Å². The summed E-state index contributed by atoms with van der Waals surface area (Å²) < 4.78 is 11.3. The number of para-hydroxylation sites is 1. The standard InChI is InChI=1S/C22H24N2O3/c25-22(21-16-17-6-2-3-7-20(17)23-21)27-19-10-8-18(9-11-19)26-15-14-24-12-4-1-5-13-24/h2-3,6-11,16,23H,1,4-5,12-15H2. The summed E-state index contributed by atoms with van der Waals surface area (Å²) in [6.45, 7) is 3.98. The van der Waals surface area contributed by atoms with Crippen molar-refractivity contribution in [1.82, 2.24) is 9.88 Å². The maximum atomic E-state index is 12.3. The number of piperidine rings is 1. The number of hydrogen-bond donors (Lipinski definition) is 1. The first-order valence-corrected chi connectivity index (χ1v) is 9.53. The Bertz CT molecular complexity index is 862. The zero-order valence-electron chi connectivity index (χ0n) is 15.3. The molecule has 2 heterocycles. The maximum absolute atomic E-state index is 12.3. The Morgan fingerprint density at radius 2 is 1.70 bits per heavy atom. The summed E-state index contributed by atoms with van der Waals surface area (Å²) in [4.78, 5) is 17.9. The zero-order valence-corrected chi connectivity index (χ0v) is 15.3. The molecule has 0 amide bonds. The van der Waals surface area contributed by atoms with Crippen molar-refractivity contribution in [3.8, 4) is 11.5 Å². The van der Waals surface area contributed by atoms with Gasteiger partial charge in [-0.2, -0.15) is 0 Å². The fourth-order valence-electron chi connectivity index (χ4n) is 3.42.